The monoisotopic (exact) mass is 410 g/mol. The highest BCUT2D eigenvalue weighted by Crippen LogP contribution is 2.09. The fourth-order valence-corrected chi connectivity index (χ4v) is 3.19. The topological polar surface area (TPSA) is 90.1 Å². The first kappa shape index (κ1) is 23.2. The van der Waals surface area contributed by atoms with Gasteiger partial charge in [0, 0.05) is 25.3 Å². The highest BCUT2D eigenvalue weighted by Gasteiger charge is 2.25. The van der Waals surface area contributed by atoms with Crippen molar-refractivity contribution in [1.82, 2.24) is 20.0 Å². The second-order valence-electron chi connectivity index (χ2n) is 8.71. The zero-order chi connectivity index (χ0) is 21.6. The molecule has 9 nitrogen and oxygen atoms in total. The molecule has 2 rings (SSSR count). The van der Waals surface area contributed by atoms with E-state index in [2.05, 4.69) is 10.4 Å². The van der Waals surface area contributed by atoms with Crippen molar-refractivity contribution in [3.63, 3.8) is 0 Å². The molecule has 0 radical (unpaired) electrons. The number of carbonyl (C=O) groups is 2. The SMILES string of the molecule is Cc1cc(C(=O)N(CC[NH+]2CCOCC2)C[C@@H](C)NC(=O)OC(C)(C)C)nn1C. The van der Waals surface area contributed by atoms with Gasteiger partial charge in [0.1, 0.15) is 18.7 Å². The summed E-state index contributed by atoms with van der Waals surface area (Å²) in [4.78, 5) is 28.4. The Kier molecular flexibility index (Phi) is 8.04. The standard InChI is InChI=1S/C20H35N5O4/c1-15(21-19(27)29-20(3,4)5)14-25(8-7-24-9-11-28-12-10-24)18(26)17-13-16(2)23(6)22-17/h13,15H,7-12,14H2,1-6H3,(H,21,27)/p+1/t15-/m1/s1. The molecule has 2 N–H and O–H groups in total. The van der Waals surface area contributed by atoms with Crippen molar-refractivity contribution in [2.75, 3.05) is 45.9 Å². The summed E-state index contributed by atoms with van der Waals surface area (Å²) in [6.07, 6.45) is -0.482. The predicted molar refractivity (Wildman–Crippen MR) is 109 cm³/mol. The fraction of sp³-hybridized carbons (Fsp3) is 0.750. The number of ether oxygens (including phenoxy) is 2. The molecule has 1 aliphatic heterocycles. The van der Waals surface area contributed by atoms with Gasteiger partial charge in [-0.3, -0.25) is 9.48 Å². The van der Waals surface area contributed by atoms with Crippen molar-refractivity contribution in [1.29, 1.82) is 0 Å². The number of alkyl carbamates (subject to hydrolysis) is 1. The molecule has 1 aromatic rings. The first-order valence-corrected chi connectivity index (χ1v) is 10.3. The average Bonchev–Trinajstić information content (AvgIpc) is 2.96. The molecule has 1 aromatic heterocycles. The normalized spacial score (nSPS) is 16.3. The summed E-state index contributed by atoms with van der Waals surface area (Å²) in [5, 5.41) is 7.15. The van der Waals surface area contributed by atoms with Crippen LogP contribution in [0.3, 0.4) is 0 Å². The van der Waals surface area contributed by atoms with E-state index in [4.69, 9.17) is 9.47 Å². The zero-order valence-electron chi connectivity index (χ0n) is 18.6. The summed E-state index contributed by atoms with van der Waals surface area (Å²) in [6, 6.07) is 1.54. The summed E-state index contributed by atoms with van der Waals surface area (Å²) in [7, 11) is 1.82. The first-order chi connectivity index (χ1) is 13.5. The molecule has 29 heavy (non-hydrogen) atoms. The summed E-state index contributed by atoms with van der Waals surface area (Å²) < 4.78 is 12.4. The molecule has 2 amide bonds. The molecule has 0 unspecified atom stereocenters. The van der Waals surface area contributed by atoms with Crippen molar-refractivity contribution in [3.05, 3.63) is 17.5 Å². The number of nitrogens with one attached hydrogen (secondary N) is 2. The molecule has 0 saturated carbocycles. The third-order valence-corrected chi connectivity index (χ3v) is 4.81. The van der Waals surface area contributed by atoms with Gasteiger partial charge in [-0.25, -0.2) is 4.79 Å². The van der Waals surface area contributed by atoms with Crippen LogP contribution in [0.5, 0.6) is 0 Å². The summed E-state index contributed by atoms with van der Waals surface area (Å²) in [5.41, 5.74) is 0.781. The smallest absolute Gasteiger partial charge is 0.407 e. The largest absolute Gasteiger partial charge is 0.444 e. The number of hydrogen-bond acceptors (Lipinski definition) is 5. The molecule has 0 spiro atoms. The molecule has 0 aromatic carbocycles. The van der Waals surface area contributed by atoms with Crippen LogP contribution in [0, 0.1) is 6.92 Å². The van der Waals surface area contributed by atoms with Gasteiger partial charge in [-0.15, -0.1) is 0 Å². The van der Waals surface area contributed by atoms with Crippen LogP contribution in [-0.2, 0) is 16.5 Å². The highest BCUT2D eigenvalue weighted by molar-refractivity contribution is 5.92. The number of hydrogen-bond donors (Lipinski definition) is 2. The van der Waals surface area contributed by atoms with Gasteiger partial charge in [0.15, 0.2) is 5.69 Å². The maximum absolute atomic E-state index is 13.1. The molecule has 164 valence electrons. The van der Waals surface area contributed by atoms with Crippen molar-refractivity contribution in [3.8, 4) is 0 Å². The molecule has 1 saturated heterocycles. The second-order valence-corrected chi connectivity index (χ2v) is 8.71. The Bertz CT molecular complexity index is 672. The van der Waals surface area contributed by atoms with Crippen molar-refractivity contribution in [2.24, 2.45) is 7.05 Å². The molecule has 1 aliphatic rings. The van der Waals surface area contributed by atoms with E-state index < -0.39 is 11.7 Å². The minimum atomic E-state index is -0.565. The maximum atomic E-state index is 13.1. The molecule has 2 heterocycles. The van der Waals surface area contributed by atoms with Crippen LogP contribution in [0.25, 0.3) is 0 Å². The van der Waals surface area contributed by atoms with Crippen LogP contribution >= 0.6 is 0 Å². The zero-order valence-corrected chi connectivity index (χ0v) is 18.6. The van der Waals surface area contributed by atoms with Gasteiger partial charge >= 0.3 is 6.09 Å². The highest BCUT2D eigenvalue weighted by atomic mass is 16.6. The lowest BCUT2D eigenvalue weighted by atomic mass is 10.2. The number of nitrogens with zero attached hydrogens (tertiary/aromatic N) is 3. The minimum Gasteiger partial charge on any atom is -0.444 e. The lowest BCUT2D eigenvalue weighted by Gasteiger charge is -2.29. The van der Waals surface area contributed by atoms with Gasteiger partial charge in [-0.2, -0.15) is 5.10 Å². The van der Waals surface area contributed by atoms with Crippen LogP contribution in [0.15, 0.2) is 6.07 Å². The Morgan fingerprint density at radius 3 is 2.59 bits per heavy atom. The fourth-order valence-electron chi connectivity index (χ4n) is 3.19. The van der Waals surface area contributed by atoms with Gasteiger partial charge < -0.3 is 24.6 Å². The second kappa shape index (κ2) is 10.1. The van der Waals surface area contributed by atoms with Crippen molar-refractivity contribution in [2.45, 2.75) is 46.3 Å². The van der Waals surface area contributed by atoms with Gasteiger partial charge in [-0.05, 0) is 40.7 Å². The van der Waals surface area contributed by atoms with E-state index in [1.807, 2.05) is 41.7 Å². The van der Waals surface area contributed by atoms with Crippen LogP contribution < -0.4 is 10.2 Å². The molecule has 1 fully saturated rings. The summed E-state index contributed by atoms with van der Waals surface area (Å²) in [6.45, 7) is 14.4. The van der Waals surface area contributed by atoms with Crippen molar-refractivity contribution < 1.29 is 24.0 Å². The Balaban J connectivity index is 2.02. The first-order valence-electron chi connectivity index (χ1n) is 10.3. The number of aromatic nitrogens is 2. The van der Waals surface area contributed by atoms with Gasteiger partial charge in [0.25, 0.3) is 5.91 Å². The molecule has 1 atom stereocenters. The molecule has 0 aliphatic carbocycles. The number of rotatable bonds is 7. The number of amides is 2. The lowest BCUT2D eigenvalue weighted by Crippen LogP contribution is -3.14. The molecule has 0 bridgehead atoms. The number of aryl methyl sites for hydroxylation is 2. The maximum Gasteiger partial charge on any atom is 0.407 e. The number of carbonyl (C=O) groups excluding carboxylic acids is 2. The lowest BCUT2D eigenvalue weighted by molar-refractivity contribution is -0.907. The Morgan fingerprint density at radius 1 is 1.38 bits per heavy atom. The van der Waals surface area contributed by atoms with Gasteiger partial charge in [0.05, 0.1) is 26.3 Å². The Labute approximate surface area is 173 Å². The minimum absolute atomic E-state index is 0.126. The van der Waals surface area contributed by atoms with Crippen molar-refractivity contribution >= 4 is 12.0 Å². The van der Waals surface area contributed by atoms with Gasteiger partial charge in [-0.1, -0.05) is 0 Å². The van der Waals surface area contributed by atoms with Gasteiger partial charge in [0.2, 0.25) is 0 Å². The van der Waals surface area contributed by atoms with Crippen LogP contribution in [0.1, 0.15) is 43.9 Å². The van der Waals surface area contributed by atoms with Crippen LogP contribution in [-0.4, -0.2) is 84.3 Å². The average molecular weight is 411 g/mol. The molecule has 9 heteroatoms. The van der Waals surface area contributed by atoms with E-state index in [1.165, 1.54) is 4.90 Å². The third kappa shape index (κ3) is 7.66. The summed E-state index contributed by atoms with van der Waals surface area (Å²) in [5.74, 6) is -0.126. The van der Waals surface area contributed by atoms with E-state index in [0.717, 1.165) is 38.5 Å². The Morgan fingerprint density at radius 2 is 2.03 bits per heavy atom. The quantitative estimate of drug-likeness (QED) is 0.660. The number of quaternary nitrogens is 1. The van der Waals surface area contributed by atoms with E-state index in [1.54, 1.807) is 15.6 Å². The van der Waals surface area contributed by atoms with E-state index in [0.29, 0.717) is 18.8 Å². The van der Waals surface area contributed by atoms with Crippen LogP contribution in [0.4, 0.5) is 4.79 Å². The van der Waals surface area contributed by atoms with E-state index >= 15 is 0 Å². The predicted octanol–water partition coefficient (Wildman–Crippen LogP) is -0.000980. The Hall–Kier alpha value is -2.13. The molecular weight excluding hydrogens is 374 g/mol. The van der Waals surface area contributed by atoms with E-state index in [-0.39, 0.29) is 11.9 Å². The molecular formula is C20H36N5O4+. The van der Waals surface area contributed by atoms with Crippen LogP contribution in [0.2, 0.25) is 0 Å². The summed E-state index contributed by atoms with van der Waals surface area (Å²) >= 11 is 0. The number of morpholine rings is 1. The van der Waals surface area contributed by atoms with E-state index in [9.17, 15) is 9.59 Å². The third-order valence-electron chi connectivity index (χ3n) is 4.81.